The summed E-state index contributed by atoms with van der Waals surface area (Å²) < 4.78 is 4.82. The molecule has 7 heteroatoms. The van der Waals surface area contributed by atoms with E-state index < -0.39 is 0 Å². The van der Waals surface area contributed by atoms with Crippen LogP contribution in [0.5, 0.6) is 0 Å². The van der Waals surface area contributed by atoms with Gasteiger partial charge in [0.1, 0.15) is 0 Å². The third-order valence-electron chi connectivity index (χ3n) is 3.95. The van der Waals surface area contributed by atoms with E-state index in [4.69, 9.17) is 4.74 Å². The Kier molecular flexibility index (Phi) is 6.72. The summed E-state index contributed by atoms with van der Waals surface area (Å²) in [5.74, 6) is -0.528. The molecule has 1 saturated heterocycles. The lowest BCUT2D eigenvalue weighted by atomic mass is 10.0. The van der Waals surface area contributed by atoms with E-state index in [9.17, 15) is 14.4 Å². The highest BCUT2D eigenvalue weighted by Crippen LogP contribution is 2.13. The number of ether oxygens (including phenoxy) is 1. The highest BCUT2D eigenvalue weighted by atomic mass is 16.5. The van der Waals surface area contributed by atoms with Crippen molar-refractivity contribution in [3.05, 3.63) is 30.1 Å². The van der Waals surface area contributed by atoms with Gasteiger partial charge in [0.25, 0.3) is 5.91 Å². The minimum atomic E-state index is -0.343. The first-order valence-corrected chi connectivity index (χ1v) is 8.24. The minimum absolute atomic E-state index is 0.0416. The van der Waals surface area contributed by atoms with Gasteiger partial charge in [0.15, 0.2) is 0 Å². The fourth-order valence-corrected chi connectivity index (χ4v) is 2.64. The summed E-state index contributed by atoms with van der Waals surface area (Å²) in [6.07, 6.45) is 4.85. The molecule has 0 unspecified atom stereocenters. The van der Waals surface area contributed by atoms with Crippen molar-refractivity contribution in [2.24, 2.45) is 0 Å². The van der Waals surface area contributed by atoms with Crippen molar-refractivity contribution < 1.29 is 19.1 Å². The standard InChI is InChI=1S/C17H23N3O4/c1-2-24-16(22)6-5-15(21)20-10-7-14(8-11-20)19-17(23)13-4-3-9-18-12-13/h3-4,9,12,14H,2,5-8,10-11H2,1H3,(H,19,23). The number of nitrogens with one attached hydrogen (secondary N) is 1. The van der Waals surface area contributed by atoms with Gasteiger partial charge in [-0.1, -0.05) is 0 Å². The number of aromatic nitrogens is 1. The normalized spacial score (nSPS) is 15.0. The highest BCUT2D eigenvalue weighted by molar-refractivity contribution is 5.94. The minimum Gasteiger partial charge on any atom is -0.466 e. The van der Waals surface area contributed by atoms with Gasteiger partial charge < -0.3 is 15.0 Å². The SMILES string of the molecule is CCOC(=O)CCC(=O)N1CCC(NC(=O)c2cccnc2)CC1. The van der Waals surface area contributed by atoms with E-state index >= 15 is 0 Å². The Labute approximate surface area is 141 Å². The van der Waals surface area contributed by atoms with Crippen molar-refractivity contribution >= 4 is 17.8 Å². The van der Waals surface area contributed by atoms with E-state index in [1.54, 1.807) is 30.2 Å². The molecule has 1 N–H and O–H groups in total. The van der Waals surface area contributed by atoms with Crippen molar-refractivity contribution in [3.8, 4) is 0 Å². The third kappa shape index (κ3) is 5.33. The van der Waals surface area contributed by atoms with Crippen molar-refractivity contribution in [2.45, 2.75) is 38.6 Å². The Bertz CT molecular complexity index is 568. The number of amides is 2. The lowest BCUT2D eigenvalue weighted by molar-refractivity contribution is -0.145. The number of carbonyl (C=O) groups excluding carboxylic acids is 3. The molecule has 0 aromatic carbocycles. The summed E-state index contributed by atoms with van der Waals surface area (Å²) >= 11 is 0. The molecule has 2 amide bonds. The number of hydrogen-bond donors (Lipinski definition) is 1. The van der Waals surface area contributed by atoms with Crippen LogP contribution in [0.15, 0.2) is 24.5 Å². The number of nitrogens with zero attached hydrogens (tertiary/aromatic N) is 2. The van der Waals surface area contributed by atoms with Gasteiger partial charge in [-0.25, -0.2) is 0 Å². The molecule has 0 bridgehead atoms. The number of hydrogen-bond acceptors (Lipinski definition) is 5. The molecular weight excluding hydrogens is 310 g/mol. The molecule has 0 aliphatic carbocycles. The molecule has 24 heavy (non-hydrogen) atoms. The van der Waals surface area contributed by atoms with Gasteiger partial charge in [-0.05, 0) is 31.9 Å². The van der Waals surface area contributed by atoms with Crippen LogP contribution in [0.3, 0.4) is 0 Å². The summed E-state index contributed by atoms with van der Waals surface area (Å²) in [7, 11) is 0. The lowest BCUT2D eigenvalue weighted by Gasteiger charge is -2.32. The van der Waals surface area contributed by atoms with E-state index in [1.165, 1.54) is 6.20 Å². The molecule has 0 atom stereocenters. The number of rotatable bonds is 6. The summed E-state index contributed by atoms with van der Waals surface area (Å²) in [4.78, 5) is 41.1. The summed E-state index contributed by atoms with van der Waals surface area (Å²) in [6.45, 7) is 3.23. The van der Waals surface area contributed by atoms with Gasteiger partial charge in [-0.3, -0.25) is 19.4 Å². The van der Waals surface area contributed by atoms with Crippen LogP contribution in [-0.4, -0.2) is 53.4 Å². The Morgan fingerprint density at radius 1 is 1.29 bits per heavy atom. The first-order valence-electron chi connectivity index (χ1n) is 8.24. The zero-order valence-electron chi connectivity index (χ0n) is 13.9. The van der Waals surface area contributed by atoms with Gasteiger partial charge in [-0.2, -0.15) is 0 Å². The number of piperidine rings is 1. The zero-order valence-corrected chi connectivity index (χ0v) is 13.9. The van der Waals surface area contributed by atoms with Crippen LogP contribution in [0.2, 0.25) is 0 Å². The molecule has 2 rings (SSSR count). The molecule has 130 valence electrons. The quantitative estimate of drug-likeness (QED) is 0.789. The third-order valence-corrected chi connectivity index (χ3v) is 3.95. The fourth-order valence-electron chi connectivity index (χ4n) is 2.64. The highest BCUT2D eigenvalue weighted by Gasteiger charge is 2.24. The fraction of sp³-hybridized carbons (Fsp3) is 0.529. The van der Waals surface area contributed by atoms with Crippen molar-refractivity contribution in [1.82, 2.24) is 15.2 Å². The first-order chi connectivity index (χ1) is 11.6. The van der Waals surface area contributed by atoms with Crippen molar-refractivity contribution in [3.63, 3.8) is 0 Å². The molecule has 1 aromatic rings. The van der Waals surface area contributed by atoms with Crippen LogP contribution in [0.1, 0.15) is 43.0 Å². The first kappa shape index (κ1) is 17.9. The van der Waals surface area contributed by atoms with Crippen LogP contribution in [0.25, 0.3) is 0 Å². The van der Waals surface area contributed by atoms with E-state index in [0.29, 0.717) is 38.1 Å². The van der Waals surface area contributed by atoms with Crippen molar-refractivity contribution in [2.75, 3.05) is 19.7 Å². The Hall–Kier alpha value is -2.44. The maximum atomic E-state index is 12.1. The van der Waals surface area contributed by atoms with Crippen molar-refractivity contribution in [1.29, 1.82) is 0 Å². The van der Waals surface area contributed by atoms with Gasteiger partial charge in [0.2, 0.25) is 5.91 Å². The molecular formula is C17H23N3O4. The van der Waals surface area contributed by atoms with Crippen LogP contribution < -0.4 is 5.32 Å². The van der Waals surface area contributed by atoms with Crippen LogP contribution in [0.4, 0.5) is 0 Å². The van der Waals surface area contributed by atoms with Crippen LogP contribution >= 0.6 is 0 Å². The van der Waals surface area contributed by atoms with E-state index in [0.717, 1.165) is 0 Å². The monoisotopic (exact) mass is 333 g/mol. The molecule has 1 fully saturated rings. The Morgan fingerprint density at radius 2 is 2.04 bits per heavy atom. The average Bonchev–Trinajstić information content (AvgIpc) is 2.61. The number of carbonyl (C=O) groups is 3. The molecule has 0 spiro atoms. The summed E-state index contributed by atoms with van der Waals surface area (Å²) in [5, 5.41) is 2.97. The molecule has 1 aliphatic rings. The van der Waals surface area contributed by atoms with Crippen LogP contribution in [0, 0.1) is 0 Å². The van der Waals surface area contributed by atoms with E-state index in [1.807, 2.05) is 0 Å². The maximum absolute atomic E-state index is 12.1. The number of esters is 1. The lowest BCUT2D eigenvalue weighted by Crippen LogP contribution is -2.46. The molecule has 1 aliphatic heterocycles. The zero-order chi connectivity index (χ0) is 17.4. The molecule has 0 radical (unpaired) electrons. The average molecular weight is 333 g/mol. The van der Waals surface area contributed by atoms with Crippen LogP contribution in [-0.2, 0) is 14.3 Å². The van der Waals surface area contributed by atoms with Gasteiger partial charge in [-0.15, -0.1) is 0 Å². The summed E-state index contributed by atoms with van der Waals surface area (Å²) in [5.41, 5.74) is 0.533. The second-order valence-electron chi connectivity index (χ2n) is 5.68. The van der Waals surface area contributed by atoms with E-state index in [2.05, 4.69) is 10.3 Å². The van der Waals surface area contributed by atoms with Gasteiger partial charge >= 0.3 is 5.97 Å². The van der Waals surface area contributed by atoms with E-state index in [-0.39, 0.29) is 36.7 Å². The number of likely N-dealkylation sites (tertiary alicyclic amines) is 1. The topological polar surface area (TPSA) is 88.6 Å². The molecule has 0 saturated carbocycles. The smallest absolute Gasteiger partial charge is 0.306 e. The van der Waals surface area contributed by atoms with Gasteiger partial charge in [0, 0.05) is 37.9 Å². The van der Waals surface area contributed by atoms with Gasteiger partial charge in [0.05, 0.1) is 18.6 Å². The summed E-state index contributed by atoms with van der Waals surface area (Å²) in [6, 6.07) is 3.49. The molecule has 1 aromatic heterocycles. The molecule has 7 nitrogen and oxygen atoms in total. The maximum Gasteiger partial charge on any atom is 0.306 e. The second-order valence-corrected chi connectivity index (χ2v) is 5.68. The Morgan fingerprint density at radius 3 is 2.67 bits per heavy atom. The number of pyridine rings is 1. The Balaban J connectivity index is 1.72. The predicted molar refractivity (Wildman–Crippen MR) is 87.2 cm³/mol. The molecule has 2 heterocycles. The second kappa shape index (κ2) is 9.00. The largest absolute Gasteiger partial charge is 0.466 e. The predicted octanol–water partition coefficient (Wildman–Crippen LogP) is 1.15.